The highest BCUT2D eigenvalue weighted by atomic mass is 35.5. The van der Waals surface area contributed by atoms with E-state index < -0.39 is 0 Å². The van der Waals surface area contributed by atoms with Crippen molar-refractivity contribution in [3.8, 4) is 0 Å². The lowest BCUT2D eigenvalue weighted by Gasteiger charge is -2.32. The molecule has 3 aromatic rings. The molecule has 6 nitrogen and oxygen atoms in total. The van der Waals surface area contributed by atoms with Crippen LogP contribution < -0.4 is 15.5 Å². The van der Waals surface area contributed by atoms with E-state index in [1.54, 1.807) is 0 Å². The predicted octanol–water partition coefficient (Wildman–Crippen LogP) is 6.81. The first-order valence-corrected chi connectivity index (χ1v) is 13.5. The standard InChI is InChI=1S/C28H32ClN5OS/c1-18(2)27(35)31-22-14-13-20(17-21(22)29)34-26(25(32-28(34)36)23-11-6-7-15-30-23)24-12-8-16-33(24)19-9-4-3-5-10-19/h6-8,11-19,25-26H,3-5,9-10H2,1-2H3,(H,31,35)(H,32,36)/t25-,26+/m1/s1. The molecule has 0 radical (unpaired) electrons. The molecule has 36 heavy (non-hydrogen) atoms. The molecule has 5 rings (SSSR count). The number of aromatic nitrogens is 2. The second-order valence-corrected chi connectivity index (χ2v) is 10.7. The molecular weight excluding hydrogens is 490 g/mol. The zero-order valence-corrected chi connectivity index (χ0v) is 22.2. The lowest BCUT2D eigenvalue weighted by atomic mass is 9.94. The average Bonchev–Trinajstić information content (AvgIpc) is 3.50. The fourth-order valence-electron chi connectivity index (χ4n) is 5.32. The van der Waals surface area contributed by atoms with Crippen LogP contribution in [-0.4, -0.2) is 20.6 Å². The number of carbonyl (C=O) groups excluding carboxylic acids is 1. The van der Waals surface area contributed by atoms with Gasteiger partial charge in [-0.15, -0.1) is 0 Å². The number of rotatable bonds is 6. The van der Waals surface area contributed by atoms with Crippen LogP contribution in [-0.2, 0) is 4.79 Å². The Morgan fingerprint density at radius 1 is 1.14 bits per heavy atom. The highest BCUT2D eigenvalue weighted by Crippen LogP contribution is 2.44. The number of nitrogens with zero attached hydrogens (tertiary/aromatic N) is 3. The number of amides is 1. The van der Waals surface area contributed by atoms with Crippen molar-refractivity contribution in [1.29, 1.82) is 0 Å². The number of hydrogen-bond donors (Lipinski definition) is 2. The average molecular weight is 522 g/mol. The van der Waals surface area contributed by atoms with Crippen molar-refractivity contribution in [3.05, 3.63) is 77.3 Å². The third-order valence-corrected chi connectivity index (χ3v) is 7.82. The van der Waals surface area contributed by atoms with Gasteiger partial charge in [0, 0.05) is 35.7 Å². The smallest absolute Gasteiger partial charge is 0.226 e. The maximum atomic E-state index is 12.2. The minimum atomic E-state index is -0.132. The Bertz CT molecular complexity index is 1240. The summed E-state index contributed by atoms with van der Waals surface area (Å²) < 4.78 is 2.45. The molecular formula is C28H32ClN5OS. The molecule has 2 N–H and O–H groups in total. The summed E-state index contributed by atoms with van der Waals surface area (Å²) in [6.07, 6.45) is 10.2. The predicted molar refractivity (Wildman–Crippen MR) is 149 cm³/mol. The lowest BCUT2D eigenvalue weighted by molar-refractivity contribution is -0.118. The fraction of sp³-hybridized carbons (Fsp3) is 0.393. The number of anilines is 2. The molecule has 2 aromatic heterocycles. The molecule has 2 atom stereocenters. The molecule has 1 saturated carbocycles. The van der Waals surface area contributed by atoms with Gasteiger partial charge in [0.25, 0.3) is 0 Å². The zero-order valence-electron chi connectivity index (χ0n) is 20.7. The van der Waals surface area contributed by atoms with Crippen LogP contribution in [0.1, 0.15) is 75.5 Å². The summed E-state index contributed by atoms with van der Waals surface area (Å²) in [6, 6.07) is 16.3. The minimum absolute atomic E-state index is 0.0681. The molecule has 8 heteroatoms. The quantitative estimate of drug-likeness (QED) is 0.349. The zero-order chi connectivity index (χ0) is 25.2. The second kappa shape index (κ2) is 10.6. The van der Waals surface area contributed by atoms with E-state index in [4.69, 9.17) is 23.8 Å². The lowest BCUT2D eigenvalue weighted by Crippen LogP contribution is -2.31. The van der Waals surface area contributed by atoms with E-state index in [0.29, 0.717) is 21.9 Å². The van der Waals surface area contributed by atoms with E-state index in [9.17, 15) is 4.79 Å². The van der Waals surface area contributed by atoms with Gasteiger partial charge in [0.15, 0.2) is 5.11 Å². The summed E-state index contributed by atoms with van der Waals surface area (Å²) in [5, 5.41) is 7.55. The van der Waals surface area contributed by atoms with Crippen molar-refractivity contribution >= 4 is 46.2 Å². The van der Waals surface area contributed by atoms with E-state index in [0.717, 1.165) is 11.4 Å². The van der Waals surface area contributed by atoms with Crippen LogP contribution in [0, 0.1) is 5.92 Å². The summed E-state index contributed by atoms with van der Waals surface area (Å²) >= 11 is 12.6. The first-order valence-electron chi connectivity index (χ1n) is 12.7. The Kier molecular flexibility index (Phi) is 7.30. The Morgan fingerprint density at radius 2 is 1.94 bits per heavy atom. The van der Waals surface area contributed by atoms with E-state index in [2.05, 4.69) is 43.4 Å². The number of thiocarbonyl (C=S) groups is 1. The van der Waals surface area contributed by atoms with Crippen molar-refractivity contribution in [3.63, 3.8) is 0 Å². The molecule has 2 aliphatic rings. The molecule has 0 unspecified atom stereocenters. The Labute approximate surface area is 223 Å². The summed E-state index contributed by atoms with van der Waals surface area (Å²) in [7, 11) is 0. The van der Waals surface area contributed by atoms with Gasteiger partial charge in [0.1, 0.15) is 6.04 Å². The first-order chi connectivity index (χ1) is 17.4. The van der Waals surface area contributed by atoms with Crippen LogP contribution in [0.4, 0.5) is 11.4 Å². The van der Waals surface area contributed by atoms with Crippen LogP contribution in [0.25, 0.3) is 0 Å². The number of halogens is 1. The van der Waals surface area contributed by atoms with Crippen LogP contribution in [0.3, 0.4) is 0 Å². The van der Waals surface area contributed by atoms with E-state index in [1.807, 2.05) is 56.4 Å². The molecule has 1 aliphatic carbocycles. The van der Waals surface area contributed by atoms with Crippen molar-refractivity contribution in [2.45, 2.75) is 64.1 Å². The fourth-order valence-corrected chi connectivity index (χ4v) is 5.88. The summed E-state index contributed by atoms with van der Waals surface area (Å²) in [4.78, 5) is 19.0. The number of hydrogen-bond acceptors (Lipinski definition) is 3. The Morgan fingerprint density at radius 3 is 2.64 bits per heavy atom. The number of nitrogens with one attached hydrogen (secondary N) is 2. The summed E-state index contributed by atoms with van der Waals surface area (Å²) in [5.74, 6) is -0.200. The van der Waals surface area contributed by atoms with Crippen molar-refractivity contribution < 1.29 is 4.79 Å². The number of pyridine rings is 1. The third kappa shape index (κ3) is 4.87. The normalized spacial score (nSPS) is 20.6. The van der Waals surface area contributed by atoms with E-state index >= 15 is 0 Å². The molecule has 2 fully saturated rings. The number of carbonyl (C=O) groups is 1. The first kappa shape index (κ1) is 24.8. The second-order valence-electron chi connectivity index (χ2n) is 9.94. The highest BCUT2D eigenvalue weighted by molar-refractivity contribution is 7.80. The molecule has 1 amide bonds. The molecule has 1 aromatic carbocycles. The topological polar surface area (TPSA) is 62.2 Å². The van der Waals surface area contributed by atoms with Gasteiger partial charge in [-0.1, -0.05) is 50.8 Å². The summed E-state index contributed by atoms with van der Waals surface area (Å²) in [5.41, 5.74) is 3.62. The van der Waals surface area contributed by atoms with E-state index in [1.165, 1.54) is 37.8 Å². The molecule has 1 saturated heterocycles. The largest absolute Gasteiger partial charge is 0.351 e. The van der Waals surface area contributed by atoms with E-state index in [-0.39, 0.29) is 23.9 Å². The highest BCUT2D eigenvalue weighted by Gasteiger charge is 2.42. The van der Waals surface area contributed by atoms with Crippen LogP contribution in [0.2, 0.25) is 5.02 Å². The van der Waals surface area contributed by atoms with Gasteiger partial charge in [-0.2, -0.15) is 0 Å². The van der Waals surface area contributed by atoms with Gasteiger partial charge in [-0.25, -0.2) is 0 Å². The monoisotopic (exact) mass is 521 g/mol. The third-order valence-electron chi connectivity index (χ3n) is 7.19. The molecule has 3 heterocycles. The van der Waals surface area contributed by atoms with Crippen LogP contribution in [0.5, 0.6) is 0 Å². The SMILES string of the molecule is CC(C)C(=O)Nc1ccc(N2C(=S)N[C@H](c3ccccn3)[C@@H]2c2cccn2C2CCCCC2)cc1Cl. The van der Waals surface area contributed by atoms with Gasteiger partial charge in [-0.05, 0) is 67.5 Å². The maximum Gasteiger partial charge on any atom is 0.226 e. The number of benzene rings is 1. The van der Waals surface area contributed by atoms with Gasteiger partial charge >= 0.3 is 0 Å². The molecule has 0 spiro atoms. The molecule has 0 bridgehead atoms. The van der Waals surface area contributed by atoms with Gasteiger partial charge in [-0.3, -0.25) is 9.78 Å². The van der Waals surface area contributed by atoms with Crippen molar-refractivity contribution in [1.82, 2.24) is 14.9 Å². The Balaban J connectivity index is 1.55. The molecule has 188 valence electrons. The Hall–Kier alpha value is -2.90. The summed E-state index contributed by atoms with van der Waals surface area (Å²) in [6.45, 7) is 3.71. The maximum absolute atomic E-state index is 12.2. The van der Waals surface area contributed by atoms with Gasteiger partial charge in [0.05, 0.1) is 22.4 Å². The molecule has 1 aliphatic heterocycles. The van der Waals surface area contributed by atoms with Crippen molar-refractivity contribution in [2.24, 2.45) is 5.92 Å². The van der Waals surface area contributed by atoms with Gasteiger partial charge in [0.2, 0.25) is 5.91 Å². The van der Waals surface area contributed by atoms with Crippen molar-refractivity contribution in [2.75, 3.05) is 10.2 Å². The van der Waals surface area contributed by atoms with Gasteiger partial charge < -0.3 is 20.1 Å². The van der Waals surface area contributed by atoms with Crippen LogP contribution >= 0.6 is 23.8 Å². The minimum Gasteiger partial charge on any atom is -0.351 e. The van der Waals surface area contributed by atoms with Crippen LogP contribution in [0.15, 0.2) is 60.9 Å².